The summed E-state index contributed by atoms with van der Waals surface area (Å²) in [6.45, 7) is 1.48. The number of phenols is 1. The first kappa shape index (κ1) is 20.3. The van der Waals surface area contributed by atoms with E-state index in [2.05, 4.69) is 14.8 Å². The van der Waals surface area contributed by atoms with E-state index in [1.165, 1.54) is 38.1 Å². The quantitative estimate of drug-likeness (QED) is 0.396. The van der Waals surface area contributed by atoms with Gasteiger partial charge in [-0.15, -0.1) is 0 Å². The molecule has 3 N–H and O–H groups in total. The van der Waals surface area contributed by atoms with Gasteiger partial charge < -0.3 is 19.9 Å². The second-order valence-corrected chi connectivity index (χ2v) is 7.10. The lowest BCUT2D eigenvalue weighted by molar-refractivity contribution is -0.114. The molecule has 29 heavy (non-hydrogen) atoms. The maximum atomic E-state index is 11.5. The maximum Gasteiger partial charge on any atom is 0.341 e. The monoisotopic (exact) mass is 408 g/mol. The Labute approximate surface area is 173 Å². The van der Waals surface area contributed by atoms with Crippen LogP contribution in [0.2, 0.25) is 0 Å². The van der Waals surface area contributed by atoms with Gasteiger partial charge in [0.2, 0.25) is 5.91 Å². The van der Waals surface area contributed by atoms with Crippen LogP contribution in [0.1, 0.15) is 17.3 Å². The highest BCUT2D eigenvalue weighted by molar-refractivity contribution is 8.00. The van der Waals surface area contributed by atoms with Crippen LogP contribution in [0.4, 0.5) is 11.4 Å². The average Bonchev–Trinajstić information content (AvgIpc) is 2.72. The van der Waals surface area contributed by atoms with Gasteiger partial charge in [0.15, 0.2) is 0 Å². The second-order valence-electron chi connectivity index (χ2n) is 6.22. The van der Waals surface area contributed by atoms with Gasteiger partial charge in [0.1, 0.15) is 11.3 Å². The molecule has 3 rings (SSSR count). The van der Waals surface area contributed by atoms with Gasteiger partial charge in [-0.3, -0.25) is 4.79 Å². The maximum absolute atomic E-state index is 11.5. The van der Waals surface area contributed by atoms with Crippen LogP contribution in [0.3, 0.4) is 0 Å². The zero-order valence-corrected chi connectivity index (χ0v) is 16.7. The molecule has 0 saturated heterocycles. The van der Waals surface area contributed by atoms with Crippen molar-refractivity contribution in [1.82, 2.24) is 0 Å². The van der Waals surface area contributed by atoms with Crippen molar-refractivity contribution in [1.29, 1.82) is 0 Å². The fourth-order valence-electron chi connectivity index (χ4n) is 2.71. The molecule has 0 aromatic heterocycles. The van der Waals surface area contributed by atoms with Gasteiger partial charge >= 0.3 is 5.97 Å². The number of hydrogen-bond acceptors (Lipinski definition) is 6. The predicted octanol–water partition coefficient (Wildman–Crippen LogP) is 4.92. The Morgan fingerprint density at radius 2 is 1.66 bits per heavy atom. The summed E-state index contributed by atoms with van der Waals surface area (Å²) >= 11 is 1.38. The SMILES string of the molecule is COC(=O)c1ccc(NSc2cccc(-c3cccc(NC(C)=O)c3)c2)cc1O. The fraction of sp³-hybridized carbons (Fsp3) is 0.0909. The van der Waals surface area contributed by atoms with Gasteiger partial charge in [-0.2, -0.15) is 0 Å². The van der Waals surface area contributed by atoms with Gasteiger partial charge in [-0.25, -0.2) is 4.79 Å². The smallest absolute Gasteiger partial charge is 0.341 e. The van der Waals surface area contributed by atoms with Gasteiger partial charge in [0.25, 0.3) is 0 Å². The van der Waals surface area contributed by atoms with Crippen LogP contribution in [0.5, 0.6) is 5.75 Å². The zero-order valence-electron chi connectivity index (χ0n) is 15.9. The van der Waals surface area contributed by atoms with Crippen molar-refractivity contribution in [2.45, 2.75) is 11.8 Å². The Morgan fingerprint density at radius 1 is 0.931 bits per heavy atom. The summed E-state index contributed by atoms with van der Waals surface area (Å²) in [7, 11) is 1.27. The summed E-state index contributed by atoms with van der Waals surface area (Å²) in [5.74, 6) is -0.848. The summed E-state index contributed by atoms with van der Waals surface area (Å²) < 4.78 is 7.77. The third kappa shape index (κ3) is 5.30. The average molecular weight is 408 g/mol. The van der Waals surface area contributed by atoms with Crippen molar-refractivity contribution < 1.29 is 19.4 Å². The molecule has 6 nitrogen and oxygen atoms in total. The van der Waals surface area contributed by atoms with Gasteiger partial charge in [0.05, 0.1) is 7.11 Å². The fourth-order valence-corrected chi connectivity index (χ4v) is 3.41. The van der Waals surface area contributed by atoms with Gasteiger partial charge in [-0.05, 0) is 59.5 Å². The predicted molar refractivity (Wildman–Crippen MR) is 115 cm³/mol. The molecule has 7 heteroatoms. The molecule has 0 aliphatic rings. The Hall–Kier alpha value is -3.45. The molecule has 0 bridgehead atoms. The van der Waals surface area contributed by atoms with E-state index in [-0.39, 0.29) is 17.2 Å². The van der Waals surface area contributed by atoms with Crippen LogP contribution in [-0.4, -0.2) is 24.1 Å². The number of aromatic hydroxyl groups is 1. The molecule has 0 atom stereocenters. The van der Waals surface area contributed by atoms with E-state index in [1.54, 1.807) is 6.07 Å². The highest BCUT2D eigenvalue weighted by atomic mass is 32.2. The molecule has 3 aromatic carbocycles. The number of rotatable bonds is 6. The van der Waals surface area contributed by atoms with Crippen molar-refractivity contribution in [3.8, 4) is 16.9 Å². The number of ether oxygens (including phenoxy) is 1. The standard InChI is InChI=1S/C22H20N2O4S/c1-14(25)23-17-7-3-5-15(11-17)16-6-4-8-19(12-16)29-24-18-9-10-20(21(26)13-18)22(27)28-2/h3-13,24,26H,1-2H3,(H,23,25). The molecule has 0 heterocycles. The molecular weight excluding hydrogens is 388 g/mol. The molecule has 148 valence electrons. The topological polar surface area (TPSA) is 87.7 Å². The molecule has 1 amide bonds. The number of phenolic OH excluding ortho intramolecular Hbond substituents is 1. The van der Waals surface area contributed by atoms with Crippen molar-refractivity contribution >= 4 is 35.2 Å². The summed E-state index contributed by atoms with van der Waals surface area (Å²) in [4.78, 5) is 23.8. The molecule has 0 radical (unpaired) electrons. The minimum atomic E-state index is -0.587. The van der Waals surface area contributed by atoms with Crippen LogP contribution in [0, 0.1) is 0 Å². The number of methoxy groups -OCH3 is 1. The number of carbonyl (C=O) groups excluding carboxylic acids is 2. The lowest BCUT2D eigenvalue weighted by Crippen LogP contribution is -2.05. The summed E-state index contributed by atoms with van der Waals surface area (Å²) in [5.41, 5.74) is 3.50. The number of esters is 1. The highest BCUT2D eigenvalue weighted by Gasteiger charge is 2.11. The number of nitrogens with one attached hydrogen (secondary N) is 2. The van der Waals surface area contributed by atoms with E-state index in [0.29, 0.717) is 5.69 Å². The van der Waals surface area contributed by atoms with Crippen LogP contribution in [0.25, 0.3) is 11.1 Å². The van der Waals surface area contributed by atoms with Crippen molar-refractivity contribution in [2.75, 3.05) is 17.1 Å². The largest absolute Gasteiger partial charge is 0.507 e. The molecular formula is C22H20N2O4S. The van der Waals surface area contributed by atoms with Gasteiger partial charge in [-0.1, -0.05) is 24.3 Å². The van der Waals surface area contributed by atoms with Gasteiger partial charge in [0, 0.05) is 29.3 Å². The summed E-state index contributed by atoms with van der Waals surface area (Å²) in [6.07, 6.45) is 0. The molecule has 0 aliphatic heterocycles. The zero-order chi connectivity index (χ0) is 20.8. The Bertz CT molecular complexity index is 1050. The number of hydrogen-bond donors (Lipinski definition) is 3. The Balaban J connectivity index is 1.73. The van der Waals surface area contributed by atoms with E-state index in [9.17, 15) is 14.7 Å². The van der Waals surface area contributed by atoms with Crippen molar-refractivity contribution in [2.24, 2.45) is 0 Å². The molecule has 0 fully saturated rings. The van der Waals surface area contributed by atoms with Crippen LogP contribution in [0.15, 0.2) is 71.6 Å². The number of carbonyl (C=O) groups is 2. The molecule has 0 aliphatic carbocycles. The molecule has 3 aromatic rings. The number of amides is 1. The van der Waals surface area contributed by atoms with E-state index in [1.807, 2.05) is 48.5 Å². The first-order chi connectivity index (χ1) is 14.0. The van der Waals surface area contributed by atoms with Crippen LogP contribution in [-0.2, 0) is 9.53 Å². The van der Waals surface area contributed by atoms with Crippen molar-refractivity contribution in [3.63, 3.8) is 0 Å². The van der Waals surface area contributed by atoms with E-state index < -0.39 is 5.97 Å². The highest BCUT2D eigenvalue weighted by Crippen LogP contribution is 2.30. The minimum absolute atomic E-state index is 0.114. The summed E-state index contributed by atoms with van der Waals surface area (Å²) in [5, 5.41) is 12.8. The Morgan fingerprint density at radius 3 is 2.34 bits per heavy atom. The third-order valence-corrected chi connectivity index (χ3v) is 4.87. The lowest BCUT2D eigenvalue weighted by atomic mass is 10.1. The third-order valence-electron chi connectivity index (χ3n) is 4.04. The van der Waals surface area contributed by atoms with E-state index in [0.717, 1.165) is 21.7 Å². The second kappa shape index (κ2) is 9.16. The Kier molecular flexibility index (Phi) is 6.41. The number of benzene rings is 3. The van der Waals surface area contributed by atoms with Crippen LogP contribution >= 0.6 is 11.9 Å². The van der Waals surface area contributed by atoms with Crippen LogP contribution < -0.4 is 10.0 Å². The lowest BCUT2D eigenvalue weighted by Gasteiger charge is -2.10. The summed E-state index contributed by atoms with van der Waals surface area (Å²) in [6, 6.07) is 20.2. The number of anilines is 2. The molecule has 0 spiro atoms. The minimum Gasteiger partial charge on any atom is -0.507 e. The first-order valence-corrected chi connectivity index (χ1v) is 9.60. The first-order valence-electron chi connectivity index (χ1n) is 8.78. The molecule has 0 saturated carbocycles. The van der Waals surface area contributed by atoms with Crippen molar-refractivity contribution in [3.05, 3.63) is 72.3 Å². The van der Waals surface area contributed by atoms with E-state index >= 15 is 0 Å². The molecule has 0 unspecified atom stereocenters. The normalized spacial score (nSPS) is 10.3. The van der Waals surface area contributed by atoms with E-state index in [4.69, 9.17) is 0 Å².